The lowest BCUT2D eigenvalue weighted by molar-refractivity contribution is -0.384. The molecular formula is C17H24N4O3. The van der Waals surface area contributed by atoms with Crippen LogP contribution in [0, 0.1) is 15.5 Å². The second-order valence-electron chi connectivity index (χ2n) is 7.52. The predicted octanol–water partition coefficient (Wildman–Crippen LogP) is 2.37. The van der Waals surface area contributed by atoms with Crippen LogP contribution in [0.15, 0.2) is 18.2 Å². The number of nitrogens with zero attached hydrogens (tertiary/aromatic N) is 2. The van der Waals surface area contributed by atoms with Crippen molar-refractivity contribution in [1.82, 2.24) is 4.90 Å². The maximum atomic E-state index is 12.8. The van der Waals surface area contributed by atoms with Crippen molar-refractivity contribution in [3.63, 3.8) is 0 Å². The van der Waals surface area contributed by atoms with Gasteiger partial charge in [-0.3, -0.25) is 14.9 Å². The highest BCUT2D eigenvalue weighted by molar-refractivity contribution is 5.96. The molecule has 1 unspecified atom stereocenters. The van der Waals surface area contributed by atoms with Gasteiger partial charge in [0, 0.05) is 36.8 Å². The number of likely N-dealkylation sites (tertiary alicyclic amines) is 1. The van der Waals surface area contributed by atoms with Crippen molar-refractivity contribution < 1.29 is 9.72 Å². The van der Waals surface area contributed by atoms with E-state index in [2.05, 4.69) is 5.32 Å². The van der Waals surface area contributed by atoms with Crippen molar-refractivity contribution >= 4 is 17.3 Å². The normalized spacial score (nSPS) is 23.0. The largest absolute Gasteiger partial charge is 0.377 e. The smallest absolute Gasteiger partial charge is 0.293 e. The van der Waals surface area contributed by atoms with E-state index in [1.54, 1.807) is 17.0 Å². The zero-order chi connectivity index (χ0) is 17.5. The quantitative estimate of drug-likeness (QED) is 0.651. The van der Waals surface area contributed by atoms with E-state index in [-0.39, 0.29) is 23.1 Å². The molecule has 1 heterocycles. The summed E-state index contributed by atoms with van der Waals surface area (Å²) in [6.07, 6.45) is 2.80. The number of rotatable bonds is 4. The zero-order valence-corrected chi connectivity index (χ0v) is 14.1. The van der Waals surface area contributed by atoms with Gasteiger partial charge in [-0.15, -0.1) is 0 Å². The lowest BCUT2D eigenvalue weighted by Gasteiger charge is -2.42. The van der Waals surface area contributed by atoms with Crippen LogP contribution in [-0.2, 0) is 0 Å². The van der Waals surface area contributed by atoms with E-state index in [1.165, 1.54) is 6.07 Å². The van der Waals surface area contributed by atoms with Gasteiger partial charge < -0.3 is 16.0 Å². The molecule has 1 atom stereocenters. The Labute approximate surface area is 141 Å². The number of piperidine rings is 1. The first-order chi connectivity index (χ1) is 11.3. The third kappa shape index (κ3) is 3.36. The minimum atomic E-state index is -0.433. The van der Waals surface area contributed by atoms with Crippen LogP contribution < -0.4 is 11.1 Å². The van der Waals surface area contributed by atoms with Crippen LogP contribution in [0.2, 0.25) is 0 Å². The minimum absolute atomic E-state index is 0.0410. The van der Waals surface area contributed by atoms with E-state index in [0.29, 0.717) is 30.4 Å². The van der Waals surface area contributed by atoms with E-state index < -0.39 is 4.92 Å². The lowest BCUT2D eigenvalue weighted by Crippen LogP contribution is -2.54. The van der Waals surface area contributed by atoms with Gasteiger partial charge in [0.25, 0.3) is 11.6 Å². The first-order valence-electron chi connectivity index (χ1n) is 8.38. The first kappa shape index (κ1) is 16.7. The lowest BCUT2D eigenvalue weighted by atomic mass is 9.79. The molecule has 130 valence electrons. The van der Waals surface area contributed by atoms with Gasteiger partial charge in [-0.25, -0.2) is 0 Å². The number of amides is 1. The van der Waals surface area contributed by atoms with Gasteiger partial charge in [0.15, 0.2) is 0 Å². The summed E-state index contributed by atoms with van der Waals surface area (Å²) in [4.78, 5) is 25.4. The zero-order valence-electron chi connectivity index (χ0n) is 14.1. The molecule has 1 saturated heterocycles. The van der Waals surface area contributed by atoms with E-state index in [0.717, 1.165) is 19.3 Å². The van der Waals surface area contributed by atoms with Gasteiger partial charge in [0.2, 0.25) is 0 Å². The Morgan fingerprint density at radius 2 is 2.08 bits per heavy atom. The maximum Gasteiger partial charge on any atom is 0.293 e. The fourth-order valence-electron chi connectivity index (χ4n) is 3.12. The number of anilines is 1. The standard InChI is InChI=1S/C17H24N4O3/c1-17(2)10-20(8-7-15(17)18)16(22)11-3-6-13(19-12-4-5-12)14(9-11)21(23)24/h3,6,9,12,15,19H,4-5,7-8,10,18H2,1-2H3. The Bertz CT molecular complexity index is 670. The number of nitrogens with two attached hydrogens (primary N) is 1. The molecule has 0 radical (unpaired) electrons. The van der Waals surface area contributed by atoms with Gasteiger partial charge in [-0.1, -0.05) is 13.8 Å². The van der Waals surface area contributed by atoms with Gasteiger partial charge >= 0.3 is 0 Å². The van der Waals surface area contributed by atoms with Crippen LogP contribution >= 0.6 is 0 Å². The van der Waals surface area contributed by atoms with Crippen molar-refractivity contribution in [3.05, 3.63) is 33.9 Å². The highest BCUT2D eigenvalue weighted by Gasteiger charge is 2.36. The van der Waals surface area contributed by atoms with Crippen molar-refractivity contribution in [2.75, 3.05) is 18.4 Å². The van der Waals surface area contributed by atoms with Crippen molar-refractivity contribution in [1.29, 1.82) is 0 Å². The molecule has 0 bridgehead atoms. The van der Waals surface area contributed by atoms with Crippen molar-refractivity contribution in [2.24, 2.45) is 11.1 Å². The average molecular weight is 332 g/mol. The molecule has 3 N–H and O–H groups in total. The molecule has 2 fully saturated rings. The molecule has 1 amide bonds. The summed E-state index contributed by atoms with van der Waals surface area (Å²) in [5, 5.41) is 14.5. The van der Waals surface area contributed by atoms with Crippen LogP contribution in [0.25, 0.3) is 0 Å². The summed E-state index contributed by atoms with van der Waals surface area (Å²) in [5.41, 5.74) is 6.76. The molecule has 3 rings (SSSR count). The summed E-state index contributed by atoms with van der Waals surface area (Å²) < 4.78 is 0. The van der Waals surface area contributed by atoms with Gasteiger partial charge in [0.1, 0.15) is 5.69 Å². The molecule has 7 nitrogen and oxygen atoms in total. The molecule has 24 heavy (non-hydrogen) atoms. The SMILES string of the molecule is CC1(C)CN(C(=O)c2ccc(NC3CC3)c([N+](=O)[O-])c2)CCC1N. The summed E-state index contributed by atoms with van der Waals surface area (Å²) in [6, 6.07) is 5.07. The fourth-order valence-corrected chi connectivity index (χ4v) is 3.12. The number of hydrogen-bond acceptors (Lipinski definition) is 5. The number of nitrogens with one attached hydrogen (secondary N) is 1. The van der Waals surface area contributed by atoms with Crippen LogP contribution in [0.1, 0.15) is 43.5 Å². The molecule has 1 aromatic rings. The maximum absolute atomic E-state index is 12.8. The minimum Gasteiger partial charge on any atom is -0.377 e. The molecule has 0 spiro atoms. The number of hydrogen-bond donors (Lipinski definition) is 2. The molecule has 1 aliphatic carbocycles. The molecular weight excluding hydrogens is 308 g/mol. The highest BCUT2D eigenvalue weighted by atomic mass is 16.6. The number of nitro benzene ring substituents is 1. The monoisotopic (exact) mass is 332 g/mol. The molecule has 2 aliphatic rings. The van der Waals surface area contributed by atoms with Crippen molar-refractivity contribution in [3.8, 4) is 0 Å². The Morgan fingerprint density at radius 3 is 2.67 bits per heavy atom. The van der Waals surface area contributed by atoms with Gasteiger partial charge in [-0.2, -0.15) is 0 Å². The second kappa shape index (κ2) is 6.05. The molecule has 0 aromatic heterocycles. The number of carbonyl (C=O) groups is 1. The van der Waals surface area contributed by atoms with E-state index in [9.17, 15) is 14.9 Å². The Balaban J connectivity index is 1.82. The first-order valence-corrected chi connectivity index (χ1v) is 8.38. The molecule has 7 heteroatoms. The van der Waals surface area contributed by atoms with Gasteiger partial charge in [0.05, 0.1) is 4.92 Å². The van der Waals surface area contributed by atoms with E-state index >= 15 is 0 Å². The predicted molar refractivity (Wildman–Crippen MR) is 92.0 cm³/mol. The van der Waals surface area contributed by atoms with Crippen LogP contribution in [-0.4, -0.2) is 40.9 Å². The van der Waals surface area contributed by atoms with Crippen LogP contribution in [0.5, 0.6) is 0 Å². The van der Waals surface area contributed by atoms with Gasteiger partial charge in [-0.05, 0) is 36.8 Å². The molecule has 1 aromatic carbocycles. The fraction of sp³-hybridized carbons (Fsp3) is 0.588. The Morgan fingerprint density at radius 1 is 1.38 bits per heavy atom. The highest BCUT2D eigenvalue weighted by Crippen LogP contribution is 2.33. The number of carbonyl (C=O) groups excluding carboxylic acids is 1. The van der Waals surface area contributed by atoms with E-state index in [1.807, 2.05) is 13.8 Å². The van der Waals surface area contributed by atoms with E-state index in [4.69, 9.17) is 5.73 Å². The van der Waals surface area contributed by atoms with Crippen LogP contribution in [0.4, 0.5) is 11.4 Å². The summed E-state index contributed by atoms with van der Waals surface area (Å²) in [7, 11) is 0. The summed E-state index contributed by atoms with van der Waals surface area (Å²) in [6.45, 7) is 5.23. The third-order valence-corrected chi connectivity index (χ3v) is 4.98. The summed E-state index contributed by atoms with van der Waals surface area (Å²) >= 11 is 0. The number of nitro groups is 1. The molecule has 1 saturated carbocycles. The molecule has 1 aliphatic heterocycles. The summed E-state index contributed by atoms with van der Waals surface area (Å²) in [5.74, 6) is -0.170. The number of benzene rings is 1. The average Bonchev–Trinajstić information content (AvgIpc) is 3.33. The topological polar surface area (TPSA) is 102 Å². The third-order valence-electron chi connectivity index (χ3n) is 4.98. The Hall–Kier alpha value is -2.15. The Kier molecular flexibility index (Phi) is 4.21. The van der Waals surface area contributed by atoms with Crippen LogP contribution in [0.3, 0.4) is 0 Å². The second-order valence-corrected chi connectivity index (χ2v) is 7.52. The van der Waals surface area contributed by atoms with Crippen molar-refractivity contribution in [2.45, 2.75) is 45.2 Å².